The van der Waals surface area contributed by atoms with Crippen molar-refractivity contribution in [2.24, 2.45) is 5.73 Å². The Hall–Kier alpha value is -2.86. The molecule has 0 saturated carbocycles. The first kappa shape index (κ1) is 18.5. The molecule has 0 aliphatic heterocycles. The predicted molar refractivity (Wildman–Crippen MR) is 96.7 cm³/mol. The second-order valence-corrected chi connectivity index (χ2v) is 5.91. The summed E-state index contributed by atoms with van der Waals surface area (Å²) in [6.45, 7) is 3.09. The van der Waals surface area contributed by atoms with Gasteiger partial charge in [-0.15, -0.1) is 0 Å². The second-order valence-electron chi connectivity index (χ2n) is 5.91. The van der Waals surface area contributed by atoms with Crippen LogP contribution in [0.25, 0.3) is 0 Å². The zero-order valence-electron chi connectivity index (χ0n) is 14.5. The maximum absolute atomic E-state index is 12.3. The molecule has 132 valence electrons. The number of nitrogens with two attached hydrogens (primary N) is 1. The first-order valence-electron chi connectivity index (χ1n) is 8.18. The van der Waals surface area contributed by atoms with Crippen molar-refractivity contribution < 1.29 is 19.2 Å². The molecule has 0 radical (unpaired) electrons. The fourth-order valence-corrected chi connectivity index (χ4v) is 2.26. The average Bonchev–Trinajstić information content (AvgIpc) is 2.62. The Morgan fingerprint density at radius 2 is 1.76 bits per heavy atom. The molecular weight excluding hydrogens is 318 g/mol. The van der Waals surface area contributed by atoms with E-state index < -0.39 is 5.91 Å². The highest BCUT2D eigenvalue weighted by Gasteiger charge is 2.21. The summed E-state index contributed by atoms with van der Waals surface area (Å²) in [5.41, 5.74) is 6.24. The number of primary amides is 1. The number of anilines is 1. The molecule has 2 rings (SSSR count). The van der Waals surface area contributed by atoms with Gasteiger partial charge in [-0.05, 0) is 43.3 Å². The van der Waals surface area contributed by atoms with E-state index in [1.807, 2.05) is 44.3 Å². The van der Waals surface area contributed by atoms with Crippen molar-refractivity contribution in [2.45, 2.75) is 13.0 Å². The number of hydrogen-bond acceptors (Lipinski definition) is 3. The molecule has 2 amide bonds. The molecule has 1 unspecified atom stereocenters. The fourth-order valence-electron chi connectivity index (χ4n) is 2.26. The van der Waals surface area contributed by atoms with Gasteiger partial charge >= 0.3 is 0 Å². The van der Waals surface area contributed by atoms with Crippen LogP contribution in [0.3, 0.4) is 0 Å². The van der Waals surface area contributed by atoms with E-state index in [1.165, 1.54) is 0 Å². The molecule has 0 saturated heterocycles. The van der Waals surface area contributed by atoms with E-state index in [2.05, 4.69) is 5.32 Å². The first-order valence-corrected chi connectivity index (χ1v) is 8.18. The van der Waals surface area contributed by atoms with Crippen LogP contribution in [0, 0.1) is 0 Å². The molecule has 0 aromatic heterocycles. The van der Waals surface area contributed by atoms with Crippen molar-refractivity contribution in [3.05, 3.63) is 60.2 Å². The van der Waals surface area contributed by atoms with E-state index in [0.717, 1.165) is 10.6 Å². The number of nitrogens with one attached hydrogen (secondary N) is 2. The SMILES string of the molecule is C[C@H](C(=O)Nc1ccc(C(N)=O)cc1)[NH+](C)CCOc1ccccc1. The van der Waals surface area contributed by atoms with Crippen molar-refractivity contribution in [3.63, 3.8) is 0 Å². The minimum Gasteiger partial charge on any atom is -0.488 e. The molecule has 25 heavy (non-hydrogen) atoms. The van der Waals surface area contributed by atoms with Gasteiger partial charge in [-0.2, -0.15) is 0 Å². The molecule has 2 aromatic rings. The van der Waals surface area contributed by atoms with Crippen LogP contribution in [0.4, 0.5) is 5.69 Å². The van der Waals surface area contributed by atoms with Crippen LogP contribution >= 0.6 is 0 Å². The lowest BCUT2D eigenvalue weighted by Crippen LogP contribution is -3.14. The minimum atomic E-state index is -0.492. The molecule has 4 N–H and O–H groups in total. The molecule has 0 heterocycles. The lowest BCUT2D eigenvalue weighted by molar-refractivity contribution is -0.894. The molecule has 6 heteroatoms. The van der Waals surface area contributed by atoms with Gasteiger partial charge in [0.1, 0.15) is 18.9 Å². The smallest absolute Gasteiger partial charge is 0.282 e. The number of rotatable bonds is 8. The Bertz CT molecular complexity index is 702. The van der Waals surface area contributed by atoms with Gasteiger partial charge in [0.2, 0.25) is 5.91 Å². The number of hydrogen-bond donors (Lipinski definition) is 3. The van der Waals surface area contributed by atoms with Gasteiger partial charge < -0.3 is 20.7 Å². The third-order valence-corrected chi connectivity index (χ3v) is 4.08. The number of para-hydroxylation sites is 1. The van der Waals surface area contributed by atoms with E-state index in [-0.39, 0.29) is 11.9 Å². The van der Waals surface area contributed by atoms with Crippen LogP contribution in [-0.2, 0) is 4.79 Å². The van der Waals surface area contributed by atoms with Gasteiger partial charge in [-0.3, -0.25) is 9.59 Å². The maximum atomic E-state index is 12.3. The molecule has 2 atom stereocenters. The van der Waals surface area contributed by atoms with Crippen LogP contribution in [0.2, 0.25) is 0 Å². The summed E-state index contributed by atoms with van der Waals surface area (Å²) in [7, 11) is 1.95. The van der Waals surface area contributed by atoms with Gasteiger partial charge in [0, 0.05) is 11.3 Å². The Labute approximate surface area is 147 Å². The van der Waals surface area contributed by atoms with E-state index >= 15 is 0 Å². The highest BCUT2D eigenvalue weighted by molar-refractivity contribution is 5.95. The largest absolute Gasteiger partial charge is 0.488 e. The van der Waals surface area contributed by atoms with Crippen LogP contribution in [-0.4, -0.2) is 38.1 Å². The summed E-state index contributed by atoms with van der Waals surface area (Å²) in [5.74, 6) is 0.236. The number of amides is 2. The number of carbonyl (C=O) groups excluding carboxylic acids is 2. The molecule has 0 spiro atoms. The van der Waals surface area contributed by atoms with Crippen molar-refractivity contribution >= 4 is 17.5 Å². The molecular formula is C19H24N3O3+. The van der Waals surface area contributed by atoms with Gasteiger partial charge in [-0.1, -0.05) is 18.2 Å². The Morgan fingerprint density at radius 1 is 1.12 bits per heavy atom. The molecule has 0 aliphatic rings. The van der Waals surface area contributed by atoms with Gasteiger partial charge in [0.25, 0.3) is 5.91 Å². The van der Waals surface area contributed by atoms with Crippen molar-refractivity contribution in [2.75, 3.05) is 25.5 Å². The van der Waals surface area contributed by atoms with Gasteiger partial charge in [0.15, 0.2) is 6.04 Å². The molecule has 0 fully saturated rings. The maximum Gasteiger partial charge on any atom is 0.282 e. The monoisotopic (exact) mass is 342 g/mol. The summed E-state index contributed by atoms with van der Waals surface area (Å²) >= 11 is 0. The fraction of sp³-hybridized carbons (Fsp3) is 0.263. The Balaban J connectivity index is 1.80. The van der Waals surface area contributed by atoms with Crippen LogP contribution in [0.5, 0.6) is 5.75 Å². The standard InChI is InChI=1S/C19H23N3O3/c1-14(22(2)12-13-25-17-6-4-3-5-7-17)19(24)21-16-10-8-15(9-11-16)18(20)23/h3-11,14H,12-13H2,1-2H3,(H2,20,23)(H,21,24)/p+1/t14-/m1/s1. The van der Waals surface area contributed by atoms with Crippen LogP contribution in [0.1, 0.15) is 17.3 Å². The number of benzene rings is 2. The van der Waals surface area contributed by atoms with Crippen molar-refractivity contribution in [3.8, 4) is 5.75 Å². The van der Waals surface area contributed by atoms with Gasteiger partial charge in [-0.25, -0.2) is 0 Å². The second kappa shape index (κ2) is 8.84. The van der Waals surface area contributed by atoms with Crippen molar-refractivity contribution in [1.29, 1.82) is 0 Å². The van der Waals surface area contributed by atoms with E-state index in [1.54, 1.807) is 24.3 Å². The Morgan fingerprint density at radius 3 is 2.36 bits per heavy atom. The van der Waals surface area contributed by atoms with Gasteiger partial charge in [0.05, 0.1) is 7.05 Å². The first-order chi connectivity index (χ1) is 12.0. The third-order valence-electron chi connectivity index (χ3n) is 4.08. The summed E-state index contributed by atoms with van der Waals surface area (Å²) < 4.78 is 5.66. The summed E-state index contributed by atoms with van der Waals surface area (Å²) in [4.78, 5) is 24.4. The highest BCUT2D eigenvalue weighted by atomic mass is 16.5. The van der Waals surface area contributed by atoms with E-state index in [4.69, 9.17) is 10.5 Å². The number of ether oxygens (including phenoxy) is 1. The van der Waals surface area contributed by atoms with E-state index in [9.17, 15) is 9.59 Å². The quantitative estimate of drug-likeness (QED) is 0.660. The average molecular weight is 342 g/mol. The molecule has 0 aliphatic carbocycles. The summed E-state index contributed by atoms with van der Waals surface area (Å²) in [6.07, 6.45) is 0. The number of quaternary nitrogens is 1. The number of likely N-dealkylation sites (N-methyl/N-ethyl adjacent to an activating group) is 1. The highest BCUT2D eigenvalue weighted by Crippen LogP contribution is 2.09. The number of carbonyl (C=O) groups is 2. The normalized spacial score (nSPS) is 12.9. The van der Waals surface area contributed by atoms with E-state index in [0.29, 0.717) is 24.4 Å². The lowest BCUT2D eigenvalue weighted by Gasteiger charge is -2.21. The zero-order valence-corrected chi connectivity index (χ0v) is 14.5. The summed E-state index contributed by atoms with van der Waals surface area (Å²) in [5, 5.41) is 2.84. The minimum absolute atomic E-state index is 0.0935. The third kappa shape index (κ3) is 5.61. The van der Waals surface area contributed by atoms with Crippen LogP contribution in [0.15, 0.2) is 54.6 Å². The molecule has 6 nitrogen and oxygen atoms in total. The zero-order chi connectivity index (χ0) is 18.2. The predicted octanol–water partition coefficient (Wildman–Crippen LogP) is 0.706. The molecule has 2 aromatic carbocycles. The summed E-state index contributed by atoms with van der Waals surface area (Å²) in [6, 6.07) is 15.9. The topological polar surface area (TPSA) is 85.9 Å². The van der Waals surface area contributed by atoms with Crippen molar-refractivity contribution in [1.82, 2.24) is 0 Å². The molecule has 0 bridgehead atoms. The lowest BCUT2D eigenvalue weighted by atomic mass is 10.2. The van der Waals surface area contributed by atoms with Crippen LogP contribution < -0.4 is 20.7 Å². The Kier molecular flexibility index (Phi) is 6.54.